The fourth-order valence-electron chi connectivity index (χ4n) is 6.11. The van der Waals surface area contributed by atoms with E-state index in [1.807, 2.05) is 0 Å². The summed E-state index contributed by atoms with van der Waals surface area (Å²) in [5.74, 6) is 4.03. The van der Waals surface area contributed by atoms with Gasteiger partial charge in [-0.05, 0) is 100 Å². The normalized spacial score (nSPS) is 35.0. The van der Waals surface area contributed by atoms with Crippen molar-refractivity contribution in [1.29, 1.82) is 0 Å². The zero-order valence-corrected chi connectivity index (χ0v) is 14.7. The maximum Gasteiger partial charge on any atom is 0.123 e. The Morgan fingerprint density at radius 3 is 2.22 bits per heavy atom. The molecule has 0 amide bonds. The number of nitrogens with two attached hydrogens (primary N) is 1. The summed E-state index contributed by atoms with van der Waals surface area (Å²) in [6, 6.07) is 6.88. The molecule has 5 rings (SSSR count). The molecule has 0 heterocycles. The van der Waals surface area contributed by atoms with Crippen LogP contribution in [-0.4, -0.2) is 12.6 Å². The van der Waals surface area contributed by atoms with Gasteiger partial charge in [0.1, 0.15) is 5.75 Å². The molecule has 4 aliphatic rings. The van der Waals surface area contributed by atoms with Crippen molar-refractivity contribution < 1.29 is 4.74 Å². The van der Waals surface area contributed by atoms with Gasteiger partial charge in [0, 0.05) is 5.56 Å². The average Bonchev–Trinajstić information content (AvgIpc) is 2.47. The molecular formula is C21H31NO. The van der Waals surface area contributed by atoms with E-state index >= 15 is 0 Å². The van der Waals surface area contributed by atoms with Gasteiger partial charge in [0.2, 0.25) is 0 Å². The summed E-state index contributed by atoms with van der Waals surface area (Å²) in [5, 5.41) is 0. The first-order valence-electron chi connectivity index (χ1n) is 9.58. The second-order valence-electron chi connectivity index (χ2n) is 8.73. The quantitative estimate of drug-likeness (QED) is 0.872. The maximum absolute atomic E-state index is 6.24. The van der Waals surface area contributed by atoms with Gasteiger partial charge in [-0.15, -0.1) is 0 Å². The number of hydrogen-bond acceptors (Lipinski definition) is 2. The Bertz CT molecular complexity index is 542. The van der Waals surface area contributed by atoms with Crippen LogP contribution in [0.15, 0.2) is 18.2 Å². The molecule has 4 fully saturated rings. The van der Waals surface area contributed by atoms with Crippen LogP contribution in [0.4, 0.5) is 0 Å². The topological polar surface area (TPSA) is 35.2 Å². The fourth-order valence-corrected chi connectivity index (χ4v) is 6.11. The van der Waals surface area contributed by atoms with Gasteiger partial charge in [0.25, 0.3) is 0 Å². The van der Waals surface area contributed by atoms with Crippen LogP contribution < -0.4 is 10.5 Å². The third kappa shape index (κ3) is 2.80. The maximum atomic E-state index is 6.24. The van der Waals surface area contributed by atoms with Crippen molar-refractivity contribution in [2.45, 2.75) is 70.3 Å². The van der Waals surface area contributed by atoms with Gasteiger partial charge in [-0.2, -0.15) is 0 Å². The van der Waals surface area contributed by atoms with Crippen LogP contribution in [0.5, 0.6) is 5.75 Å². The van der Waals surface area contributed by atoms with E-state index < -0.39 is 0 Å². The van der Waals surface area contributed by atoms with Crippen LogP contribution in [0.3, 0.4) is 0 Å². The lowest BCUT2D eigenvalue weighted by atomic mass is 9.48. The lowest BCUT2D eigenvalue weighted by Crippen LogP contribution is -2.48. The predicted molar refractivity (Wildman–Crippen MR) is 94.8 cm³/mol. The molecule has 1 aromatic rings. The zero-order valence-electron chi connectivity index (χ0n) is 14.7. The van der Waals surface area contributed by atoms with Gasteiger partial charge in [-0.25, -0.2) is 0 Å². The Balaban J connectivity index is 1.74. The molecule has 0 aromatic heterocycles. The van der Waals surface area contributed by atoms with Crippen LogP contribution in [0, 0.1) is 17.8 Å². The van der Waals surface area contributed by atoms with Crippen molar-refractivity contribution in [1.82, 2.24) is 0 Å². The highest BCUT2D eigenvalue weighted by molar-refractivity contribution is 5.44. The van der Waals surface area contributed by atoms with Crippen molar-refractivity contribution in [2.24, 2.45) is 23.5 Å². The second kappa shape index (κ2) is 5.81. The van der Waals surface area contributed by atoms with E-state index in [1.165, 1.54) is 49.7 Å². The minimum absolute atomic E-state index is 0.239. The average molecular weight is 313 g/mol. The molecule has 126 valence electrons. The van der Waals surface area contributed by atoms with Gasteiger partial charge < -0.3 is 10.5 Å². The smallest absolute Gasteiger partial charge is 0.123 e. The van der Waals surface area contributed by atoms with Crippen LogP contribution >= 0.6 is 0 Å². The molecule has 0 saturated heterocycles. The summed E-state index contributed by atoms with van der Waals surface area (Å²) in [6.07, 6.45) is 9.84. The Hall–Kier alpha value is -1.02. The van der Waals surface area contributed by atoms with Crippen molar-refractivity contribution in [3.05, 3.63) is 29.3 Å². The van der Waals surface area contributed by atoms with Crippen LogP contribution in [0.2, 0.25) is 0 Å². The van der Waals surface area contributed by atoms with E-state index in [0.29, 0.717) is 5.41 Å². The first-order chi connectivity index (χ1) is 11.1. The van der Waals surface area contributed by atoms with Crippen molar-refractivity contribution in [2.75, 3.05) is 6.54 Å². The van der Waals surface area contributed by atoms with E-state index in [0.717, 1.165) is 36.5 Å². The molecule has 4 aliphatic carbocycles. The third-order valence-corrected chi connectivity index (χ3v) is 6.45. The number of hydrogen-bond donors (Lipinski definition) is 1. The van der Waals surface area contributed by atoms with Crippen LogP contribution in [0.25, 0.3) is 0 Å². The molecule has 0 radical (unpaired) electrons. The van der Waals surface area contributed by atoms with Gasteiger partial charge in [-0.1, -0.05) is 12.1 Å². The molecule has 4 saturated carbocycles. The molecule has 0 spiro atoms. The molecule has 0 unspecified atom stereocenters. The highest BCUT2D eigenvalue weighted by Gasteiger charge is 2.52. The second-order valence-corrected chi connectivity index (χ2v) is 8.73. The van der Waals surface area contributed by atoms with Gasteiger partial charge in [0.15, 0.2) is 0 Å². The highest BCUT2D eigenvalue weighted by Crippen LogP contribution is 2.62. The molecule has 0 atom stereocenters. The Labute approximate surface area is 140 Å². The van der Waals surface area contributed by atoms with Crippen molar-refractivity contribution >= 4 is 0 Å². The molecule has 4 bridgehead atoms. The molecule has 2 N–H and O–H groups in total. The Morgan fingerprint density at radius 2 is 1.70 bits per heavy atom. The molecule has 2 nitrogen and oxygen atoms in total. The monoisotopic (exact) mass is 313 g/mol. The molecule has 23 heavy (non-hydrogen) atoms. The van der Waals surface area contributed by atoms with E-state index in [2.05, 4.69) is 32.0 Å². The summed E-state index contributed by atoms with van der Waals surface area (Å²) < 4.78 is 6.24. The van der Waals surface area contributed by atoms with Crippen LogP contribution in [-0.2, 0) is 11.8 Å². The Kier molecular flexibility index (Phi) is 3.91. The van der Waals surface area contributed by atoms with Crippen molar-refractivity contribution in [3.63, 3.8) is 0 Å². The summed E-state index contributed by atoms with van der Waals surface area (Å²) in [6.45, 7) is 5.00. The lowest BCUT2D eigenvalue weighted by Gasteiger charge is -2.57. The number of benzene rings is 1. The highest BCUT2D eigenvalue weighted by atomic mass is 16.5. The fraction of sp³-hybridized carbons (Fsp3) is 0.714. The third-order valence-electron chi connectivity index (χ3n) is 6.45. The molecule has 0 aliphatic heterocycles. The van der Waals surface area contributed by atoms with E-state index in [1.54, 1.807) is 0 Å². The van der Waals surface area contributed by atoms with E-state index in [4.69, 9.17) is 10.5 Å². The van der Waals surface area contributed by atoms with Crippen molar-refractivity contribution in [3.8, 4) is 5.75 Å². The van der Waals surface area contributed by atoms with Crippen LogP contribution in [0.1, 0.15) is 63.5 Å². The number of rotatable bonds is 5. The minimum atomic E-state index is 0.239. The zero-order chi connectivity index (χ0) is 16.0. The standard InChI is InChI=1S/C21H31NO/c1-14(2)23-20-4-3-15(5-6-22)10-19(20)21-11-16-7-17(12-21)9-18(8-16)13-21/h3-4,10,14,16-18H,5-9,11-13,22H2,1-2H3. The Morgan fingerprint density at radius 1 is 1.09 bits per heavy atom. The molecule has 2 heteroatoms. The lowest BCUT2D eigenvalue weighted by molar-refractivity contribution is -0.00674. The van der Waals surface area contributed by atoms with E-state index in [9.17, 15) is 0 Å². The predicted octanol–water partition coefficient (Wildman–Crippen LogP) is 4.44. The molecular weight excluding hydrogens is 282 g/mol. The van der Waals surface area contributed by atoms with Gasteiger partial charge in [-0.3, -0.25) is 0 Å². The summed E-state index contributed by atoms with van der Waals surface area (Å²) in [7, 11) is 0. The van der Waals surface area contributed by atoms with Gasteiger partial charge >= 0.3 is 0 Å². The summed E-state index contributed by atoms with van der Waals surface area (Å²) in [4.78, 5) is 0. The summed E-state index contributed by atoms with van der Waals surface area (Å²) >= 11 is 0. The first kappa shape index (κ1) is 15.5. The first-order valence-corrected chi connectivity index (χ1v) is 9.58. The molecule has 1 aromatic carbocycles. The van der Waals surface area contributed by atoms with E-state index in [-0.39, 0.29) is 6.10 Å². The largest absolute Gasteiger partial charge is 0.491 e. The van der Waals surface area contributed by atoms with Gasteiger partial charge in [0.05, 0.1) is 6.10 Å². The SMILES string of the molecule is CC(C)Oc1ccc(CCN)cc1C12CC3CC(CC(C3)C1)C2. The number of ether oxygens (including phenoxy) is 1. The summed E-state index contributed by atoms with van der Waals surface area (Å²) in [5.41, 5.74) is 9.09. The minimum Gasteiger partial charge on any atom is -0.491 e.